The van der Waals surface area contributed by atoms with Crippen LogP contribution in [0.2, 0.25) is 0 Å². The molecule has 1 rings (SSSR count). The molecular formula is C8H14N2O. The van der Waals surface area contributed by atoms with Gasteiger partial charge in [-0.1, -0.05) is 6.08 Å². The van der Waals surface area contributed by atoms with Crippen molar-refractivity contribution in [1.29, 1.82) is 0 Å². The molecule has 0 aliphatic heterocycles. The van der Waals surface area contributed by atoms with Crippen molar-refractivity contribution in [2.24, 2.45) is 5.73 Å². The van der Waals surface area contributed by atoms with Crippen molar-refractivity contribution in [3.05, 3.63) is 23.5 Å². The van der Waals surface area contributed by atoms with Crippen LogP contribution in [0.5, 0.6) is 0 Å². The Morgan fingerprint density at radius 3 is 2.91 bits per heavy atom. The normalized spacial score (nSPS) is 24.0. The van der Waals surface area contributed by atoms with Crippen LogP contribution in [0.15, 0.2) is 23.5 Å². The molecular weight excluding hydrogens is 140 g/mol. The summed E-state index contributed by atoms with van der Waals surface area (Å²) in [6, 6.07) is 0. The third-order valence-corrected chi connectivity index (χ3v) is 1.80. The minimum absolute atomic E-state index is 0.145. The summed E-state index contributed by atoms with van der Waals surface area (Å²) in [7, 11) is 3.55. The summed E-state index contributed by atoms with van der Waals surface area (Å²) in [4.78, 5) is 0. The lowest BCUT2D eigenvalue weighted by Gasteiger charge is -2.17. The second-order valence-electron chi connectivity index (χ2n) is 2.50. The minimum Gasteiger partial charge on any atom is -0.397 e. The number of nitrogens with one attached hydrogen (secondary N) is 1. The Labute approximate surface area is 66.9 Å². The smallest absolute Gasteiger partial charge is 0.0810 e. The number of hydrogen-bond acceptors (Lipinski definition) is 3. The van der Waals surface area contributed by atoms with Gasteiger partial charge in [0.25, 0.3) is 0 Å². The van der Waals surface area contributed by atoms with Crippen molar-refractivity contribution >= 4 is 0 Å². The van der Waals surface area contributed by atoms with Gasteiger partial charge in [-0.05, 0) is 12.5 Å². The summed E-state index contributed by atoms with van der Waals surface area (Å²) < 4.78 is 5.13. The van der Waals surface area contributed by atoms with Gasteiger partial charge in [0.1, 0.15) is 0 Å². The van der Waals surface area contributed by atoms with Gasteiger partial charge in [0.2, 0.25) is 0 Å². The van der Waals surface area contributed by atoms with Gasteiger partial charge < -0.3 is 15.8 Å². The van der Waals surface area contributed by atoms with Gasteiger partial charge >= 0.3 is 0 Å². The Hall–Kier alpha value is -0.960. The van der Waals surface area contributed by atoms with E-state index in [1.807, 2.05) is 19.2 Å². The van der Waals surface area contributed by atoms with Crippen LogP contribution < -0.4 is 11.1 Å². The van der Waals surface area contributed by atoms with Crippen LogP contribution in [0, 0.1) is 0 Å². The van der Waals surface area contributed by atoms with E-state index in [0.29, 0.717) is 0 Å². The van der Waals surface area contributed by atoms with E-state index in [1.54, 1.807) is 7.11 Å². The van der Waals surface area contributed by atoms with Crippen molar-refractivity contribution in [3.8, 4) is 0 Å². The largest absolute Gasteiger partial charge is 0.397 e. The Morgan fingerprint density at radius 1 is 1.73 bits per heavy atom. The van der Waals surface area contributed by atoms with E-state index in [0.717, 1.165) is 17.8 Å². The molecule has 0 amide bonds. The van der Waals surface area contributed by atoms with Crippen molar-refractivity contribution in [2.45, 2.75) is 12.5 Å². The van der Waals surface area contributed by atoms with Crippen LogP contribution in [-0.4, -0.2) is 20.3 Å². The molecule has 0 saturated carbocycles. The molecule has 62 valence electrons. The number of nitrogens with two attached hydrogens (primary N) is 1. The summed E-state index contributed by atoms with van der Waals surface area (Å²) in [6.07, 6.45) is 5.01. The minimum atomic E-state index is 0.145. The molecule has 0 aromatic rings. The SMILES string of the molecule is CNC1=CCC(OC)C=C1N. The maximum absolute atomic E-state index is 5.71. The molecule has 0 fully saturated rings. The fourth-order valence-corrected chi connectivity index (χ4v) is 1.12. The number of methoxy groups -OCH3 is 1. The van der Waals surface area contributed by atoms with E-state index in [4.69, 9.17) is 10.5 Å². The van der Waals surface area contributed by atoms with Crippen LogP contribution in [0.1, 0.15) is 6.42 Å². The summed E-state index contributed by atoms with van der Waals surface area (Å²) in [5.74, 6) is 0. The molecule has 0 spiro atoms. The molecule has 1 aliphatic rings. The Kier molecular flexibility index (Phi) is 2.54. The van der Waals surface area contributed by atoms with Gasteiger partial charge in [0.15, 0.2) is 0 Å². The van der Waals surface area contributed by atoms with Crippen molar-refractivity contribution in [2.75, 3.05) is 14.2 Å². The van der Waals surface area contributed by atoms with E-state index >= 15 is 0 Å². The molecule has 3 nitrogen and oxygen atoms in total. The second kappa shape index (κ2) is 3.44. The third-order valence-electron chi connectivity index (χ3n) is 1.80. The number of ether oxygens (including phenoxy) is 1. The summed E-state index contributed by atoms with van der Waals surface area (Å²) >= 11 is 0. The molecule has 0 heterocycles. The Morgan fingerprint density at radius 2 is 2.45 bits per heavy atom. The van der Waals surface area contributed by atoms with Gasteiger partial charge in [0.05, 0.1) is 17.5 Å². The van der Waals surface area contributed by atoms with Crippen LogP contribution >= 0.6 is 0 Å². The van der Waals surface area contributed by atoms with Gasteiger partial charge in [-0.25, -0.2) is 0 Å². The van der Waals surface area contributed by atoms with E-state index in [9.17, 15) is 0 Å². The van der Waals surface area contributed by atoms with Crippen molar-refractivity contribution in [1.82, 2.24) is 5.32 Å². The first-order chi connectivity index (χ1) is 5.27. The number of likely N-dealkylation sites (N-methyl/N-ethyl adjacent to an activating group) is 1. The molecule has 1 unspecified atom stereocenters. The zero-order valence-corrected chi connectivity index (χ0v) is 6.92. The fraction of sp³-hybridized carbons (Fsp3) is 0.500. The first-order valence-electron chi connectivity index (χ1n) is 3.66. The molecule has 11 heavy (non-hydrogen) atoms. The first kappa shape index (κ1) is 8.14. The third kappa shape index (κ3) is 1.74. The fourth-order valence-electron chi connectivity index (χ4n) is 1.12. The lowest BCUT2D eigenvalue weighted by Crippen LogP contribution is -2.21. The highest BCUT2D eigenvalue weighted by atomic mass is 16.5. The Balaban J connectivity index is 2.66. The average molecular weight is 154 g/mol. The average Bonchev–Trinajstić information content (AvgIpc) is 2.04. The topological polar surface area (TPSA) is 47.3 Å². The van der Waals surface area contributed by atoms with E-state index in [2.05, 4.69) is 5.32 Å². The van der Waals surface area contributed by atoms with E-state index in [1.165, 1.54) is 0 Å². The highest BCUT2D eigenvalue weighted by molar-refractivity contribution is 5.31. The molecule has 0 radical (unpaired) electrons. The quantitative estimate of drug-likeness (QED) is 0.603. The first-order valence-corrected chi connectivity index (χ1v) is 3.66. The van der Waals surface area contributed by atoms with E-state index < -0.39 is 0 Å². The number of rotatable bonds is 2. The molecule has 0 bridgehead atoms. The van der Waals surface area contributed by atoms with E-state index in [-0.39, 0.29) is 6.10 Å². The van der Waals surface area contributed by atoms with Crippen LogP contribution in [0.4, 0.5) is 0 Å². The molecule has 3 N–H and O–H groups in total. The molecule has 3 heteroatoms. The summed E-state index contributed by atoms with van der Waals surface area (Å²) in [6.45, 7) is 0. The second-order valence-corrected chi connectivity index (χ2v) is 2.50. The van der Waals surface area contributed by atoms with Crippen LogP contribution in [-0.2, 0) is 4.74 Å². The zero-order chi connectivity index (χ0) is 8.27. The van der Waals surface area contributed by atoms with Gasteiger partial charge in [-0.3, -0.25) is 0 Å². The molecule has 0 aromatic heterocycles. The highest BCUT2D eigenvalue weighted by Crippen LogP contribution is 2.13. The Bertz CT molecular complexity index is 196. The predicted octanol–water partition coefficient (Wildman–Crippen LogP) is 0.351. The highest BCUT2D eigenvalue weighted by Gasteiger charge is 2.10. The maximum Gasteiger partial charge on any atom is 0.0810 e. The van der Waals surface area contributed by atoms with Gasteiger partial charge in [-0.2, -0.15) is 0 Å². The monoisotopic (exact) mass is 154 g/mol. The number of hydrogen-bond donors (Lipinski definition) is 2. The van der Waals surface area contributed by atoms with Crippen molar-refractivity contribution in [3.63, 3.8) is 0 Å². The zero-order valence-electron chi connectivity index (χ0n) is 6.92. The molecule has 1 aliphatic carbocycles. The van der Waals surface area contributed by atoms with Crippen LogP contribution in [0.25, 0.3) is 0 Å². The lowest BCUT2D eigenvalue weighted by molar-refractivity contribution is 0.141. The van der Waals surface area contributed by atoms with Gasteiger partial charge in [0, 0.05) is 14.2 Å². The molecule has 1 atom stereocenters. The summed E-state index contributed by atoms with van der Waals surface area (Å²) in [5, 5.41) is 3.01. The lowest BCUT2D eigenvalue weighted by atomic mass is 10.1. The van der Waals surface area contributed by atoms with Crippen LogP contribution in [0.3, 0.4) is 0 Å². The standard InChI is InChI=1S/C8H14N2O/c1-10-8-4-3-6(11-2)5-7(8)9/h4-6,10H,3,9H2,1-2H3. The van der Waals surface area contributed by atoms with Gasteiger partial charge in [-0.15, -0.1) is 0 Å². The molecule has 0 aromatic carbocycles. The molecule has 0 saturated heterocycles. The predicted molar refractivity (Wildman–Crippen MR) is 44.8 cm³/mol. The maximum atomic E-state index is 5.71. The summed E-state index contributed by atoms with van der Waals surface area (Å²) in [5.41, 5.74) is 7.47. The van der Waals surface area contributed by atoms with Crippen molar-refractivity contribution < 1.29 is 4.74 Å².